The largest absolute Gasteiger partial charge is 0.381 e. The number of aromatic nitrogens is 4. The van der Waals surface area contributed by atoms with Crippen molar-refractivity contribution in [3.63, 3.8) is 0 Å². The number of nitrogens with one attached hydrogen (secondary N) is 2. The summed E-state index contributed by atoms with van der Waals surface area (Å²) >= 11 is 0. The maximum atomic E-state index is 5.94. The summed E-state index contributed by atoms with van der Waals surface area (Å²) in [5.41, 5.74) is 17.1. The number of nitrogens with zero attached hydrogens (tertiary/aromatic N) is 3. The number of aryl methyl sites for hydroxylation is 2. The zero-order chi connectivity index (χ0) is 22.9. The lowest BCUT2D eigenvalue weighted by Crippen LogP contribution is -2.27. The Hall–Kier alpha value is -3.12. The van der Waals surface area contributed by atoms with Crippen molar-refractivity contribution in [3.05, 3.63) is 70.3 Å². The summed E-state index contributed by atoms with van der Waals surface area (Å²) in [6.45, 7) is 8.04. The predicted molar refractivity (Wildman–Crippen MR) is 134 cm³/mol. The number of H-pyrrole nitrogens is 1. The summed E-state index contributed by atoms with van der Waals surface area (Å²) in [5.74, 6) is 0.444. The first-order chi connectivity index (χ1) is 16.1. The second-order valence-corrected chi connectivity index (χ2v) is 9.33. The van der Waals surface area contributed by atoms with Crippen molar-refractivity contribution in [2.75, 3.05) is 6.54 Å². The van der Waals surface area contributed by atoms with Crippen LogP contribution in [0.3, 0.4) is 0 Å². The molecule has 1 aromatic carbocycles. The fraction of sp³-hybridized carbons (Fsp3) is 0.407. The third kappa shape index (κ3) is 4.04. The first-order valence-corrected chi connectivity index (χ1v) is 12.2. The van der Waals surface area contributed by atoms with Gasteiger partial charge >= 0.3 is 0 Å². The van der Waals surface area contributed by atoms with Gasteiger partial charge in [-0.25, -0.2) is 4.68 Å². The number of benzene rings is 1. The van der Waals surface area contributed by atoms with E-state index in [0.29, 0.717) is 12.5 Å². The summed E-state index contributed by atoms with van der Waals surface area (Å²) < 4.78 is 2.07. The second kappa shape index (κ2) is 9.02. The molecule has 0 saturated heterocycles. The van der Waals surface area contributed by atoms with Gasteiger partial charge in [-0.3, -0.25) is 0 Å². The van der Waals surface area contributed by atoms with Crippen molar-refractivity contribution in [2.45, 2.75) is 59.0 Å². The molecule has 2 aromatic heterocycles. The lowest BCUT2D eigenvalue weighted by molar-refractivity contribution is 0.457. The molecule has 4 N–H and O–H groups in total. The lowest BCUT2D eigenvalue weighted by atomic mass is 9.89. The fourth-order valence-corrected chi connectivity index (χ4v) is 5.32. The first-order valence-electron chi connectivity index (χ1n) is 12.2. The molecular formula is C27H34N6. The quantitative estimate of drug-likeness (QED) is 0.502. The third-order valence-electron chi connectivity index (χ3n) is 7.01. The van der Waals surface area contributed by atoms with E-state index in [1.165, 1.54) is 39.2 Å². The van der Waals surface area contributed by atoms with Gasteiger partial charge in [0.2, 0.25) is 0 Å². The number of hydrogen-bond acceptors (Lipinski definition) is 4. The molecule has 0 amide bonds. The van der Waals surface area contributed by atoms with Crippen LogP contribution in [0.5, 0.6) is 0 Å². The smallest absolute Gasteiger partial charge is 0.0918 e. The van der Waals surface area contributed by atoms with Gasteiger partial charge in [-0.2, -0.15) is 0 Å². The molecule has 6 heteroatoms. The summed E-state index contributed by atoms with van der Waals surface area (Å²) in [6.07, 6.45) is 10.6. The monoisotopic (exact) mass is 442 g/mol. The van der Waals surface area contributed by atoms with Crippen molar-refractivity contribution in [2.24, 2.45) is 11.7 Å². The van der Waals surface area contributed by atoms with E-state index in [0.717, 1.165) is 43.6 Å². The summed E-state index contributed by atoms with van der Waals surface area (Å²) in [5, 5.41) is 12.8. The standard InChI is InChI=1S/C27H34N6/c1-4-5-19(8-11-28)20-6-7-22-23(15-20)24(10-13-33-27(22)18(3)31-32-33)30-25-16-21-9-12-29-26(21)14-17(25)2/h5-7,9,12,15-17,24,29-30H,4,8,10-11,13-14,28H2,1-3H3/b19-5+. The average molecular weight is 443 g/mol. The Kier molecular flexibility index (Phi) is 5.94. The number of aromatic amines is 1. The van der Waals surface area contributed by atoms with E-state index in [1.54, 1.807) is 0 Å². The molecule has 6 nitrogen and oxygen atoms in total. The zero-order valence-electron chi connectivity index (χ0n) is 19.9. The molecule has 1 aliphatic carbocycles. The number of fused-ring (bicyclic) bond motifs is 4. The SMILES string of the molecule is CC/C=C(\CCN)c1ccc2c(c1)C(NC1=Cc3cc[nH]c3CC1C)CCn1nnc(C)c1-2. The van der Waals surface area contributed by atoms with Gasteiger partial charge in [-0.15, -0.1) is 5.10 Å². The van der Waals surface area contributed by atoms with Crippen LogP contribution in [-0.2, 0) is 13.0 Å². The number of allylic oxidation sites excluding steroid dienone is 2. The average Bonchev–Trinajstić information content (AvgIpc) is 3.37. The Labute approximate surface area is 196 Å². The molecular weight excluding hydrogens is 408 g/mol. The molecule has 0 bridgehead atoms. The molecule has 3 aromatic rings. The Balaban J connectivity index is 1.58. The Morgan fingerprint density at radius 1 is 1.33 bits per heavy atom. The topological polar surface area (TPSA) is 84.5 Å². The van der Waals surface area contributed by atoms with Gasteiger partial charge in [-0.05, 0) is 79.6 Å². The number of rotatable bonds is 6. The molecule has 1 aliphatic heterocycles. The molecule has 3 heterocycles. The summed E-state index contributed by atoms with van der Waals surface area (Å²) in [6, 6.07) is 9.25. The highest BCUT2D eigenvalue weighted by atomic mass is 15.4. The van der Waals surface area contributed by atoms with Crippen LogP contribution in [0, 0.1) is 12.8 Å². The van der Waals surface area contributed by atoms with Crippen LogP contribution < -0.4 is 11.1 Å². The number of hydrogen-bond donors (Lipinski definition) is 3. The maximum Gasteiger partial charge on any atom is 0.0918 e. The zero-order valence-corrected chi connectivity index (χ0v) is 19.9. The minimum atomic E-state index is 0.205. The van der Waals surface area contributed by atoms with Gasteiger partial charge < -0.3 is 16.0 Å². The Morgan fingerprint density at radius 3 is 3.03 bits per heavy atom. The molecule has 172 valence electrons. The van der Waals surface area contributed by atoms with Gasteiger partial charge in [0.25, 0.3) is 0 Å². The minimum absolute atomic E-state index is 0.205. The first kappa shape index (κ1) is 21.7. The molecule has 5 rings (SSSR count). The van der Waals surface area contributed by atoms with Crippen LogP contribution >= 0.6 is 0 Å². The van der Waals surface area contributed by atoms with Gasteiger partial charge in [0, 0.05) is 35.6 Å². The van der Waals surface area contributed by atoms with Crippen LogP contribution in [0.15, 0.2) is 42.2 Å². The summed E-state index contributed by atoms with van der Waals surface area (Å²) in [4.78, 5) is 3.39. The third-order valence-corrected chi connectivity index (χ3v) is 7.01. The van der Waals surface area contributed by atoms with Crippen LogP contribution in [0.1, 0.15) is 67.2 Å². The normalized spacial score (nSPS) is 19.9. The van der Waals surface area contributed by atoms with E-state index in [2.05, 4.69) is 82.5 Å². The van der Waals surface area contributed by atoms with Crippen molar-refractivity contribution in [3.8, 4) is 11.3 Å². The molecule has 33 heavy (non-hydrogen) atoms. The summed E-state index contributed by atoms with van der Waals surface area (Å²) in [7, 11) is 0. The van der Waals surface area contributed by atoms with Crippen molar-refractivity contribution in [1.29, 1.82) is 0 Å². The van der Waals surface area contributed by atoms with Gasteiger partial charge in [0.15, 0.2) is 0 Å². The molecule has 0 fully saturated rings. The highest BCUT2D eigenvalue weighted by Crippen LogP contribution is 2.38. The van der Waals surface area contributed by atoms with E-state index in [1.807, 2.05) is 6.20 Å². The van der Waals surface area contributed by atoms with E-state index < -0.39 is 0 Å². The van der Waals surface area contributed by atoms with E-state index >= 15 is 0 Å². The second-order valence-electron chi connectivity index (χ2n) is 9.33. The van der Waals surface area contributed by atoms with Crippen molar-refractivity contribution >= 4 is 11.6 Å². The van der Waals surface area contributed by atoms with Crippen molar-refractivity contribution in [1.82, 2.24) is 25.3 Å². The minimum Gasteiger partial charge on any atom is -0.381 e. The molecule has 2 aliphatic rings. The fourth-order valence-electron chi connectivity index (χ4n) is 5.32. The molecule has 2 unspecified atom stereocenters. The Morgan fingerprint density at radius 2 is 2.21 bits per heavy atom. The van der Waals surface area contributed by atoms with Crippen LogP contribution in [0.2, 0.25) is 0 Å². The van der Waals surface area contributed by atoms with Crippen molar-refractivity contribution < 1.29 is 0 Å². The van der Waals surface area contributed by atoms with E-state index in [9.17, 15) is 0 Å². The van der Waals surface area contributed by atoms with Crippen LogP contribution in [0.4, 0.5) is 0 Å². The number of nitrogens with two attached hydrogens (primary N) is 1. The van der Waals surface area contributed by atoms with Gasteiger partial charge in [-0.1, -0.05) is 37.3 Å². The van der Waals surface area contributed by atoms with Gasteiger partial charge in [0.05, 0.1) is 17.4 Å². The molecule has 0 saturated carbocycles. The molecule has 0 radical (unpaired) electrons. The maximum absolute atomic E-state index is 5.94. The molecule has 0 spiro atoms. The Bertz CT molecular complexity index is 1210. The van der Waals surface area contributed by atoms with Crippen LogP contribution in [0.25, 0.3) is 22.9 Å². The highest BCUT2D eigenvalue weighted by Gasteiger charge is 2.28. The lowest BCUT2D eigenvalue weighted by Gasteiger charge is -2.28. The van der Waals surface area contributed by atoms with Gasteiger partial charge in [0.1, 0.15) is 0 Å². The molecule has 2 atom stereocenters. The van der Waals surface area contributed by atoms with E-state index in [4.69, 9.17) is 5.73 Å². The highest BCUT2D eigenvalue weighted by molar-refractivity contribution is 5.74. The van der Waals surface area contributed by atoms with E-state index in [-0.39, 0.29) is 6.04 Å². The van der Waals surface area contributed by atoms with Crippen LogP contribution in [-0.4, -0.2) is 26.5 Å². The predicted octanol–water partition coefficient (Wildman–Crippen LogP) is 4.99.